The van der Waals surface area contributed by atoms with Crippen LogP contribution in [-0.2, 0) is 4.74 Å². The summed E-state index contributed by atoms with van der Waals surface area (Å²) in [7, 11) is 4.22. The predicted octanol–water partition coefficient (Wildman–Crippen LogP) is 3.46. The molecule has 116 valence electrons. The molecule has 3 atom stereocenters. The van der Waals surface area contributed by atoms with Gasteiger partial charge in [0.2, 0.25) is 0 Å². The van der Waals surface area contributed by atoms with Crippen LogP contribution in [0.1, 0.15) is 44.2 Å². The number of hydrogen-bond donors (Lipinski definition) is 0. The van der Waals surface area contributed by atoms with Gasteiger partial charge in [-0.1, -0.05) is 12.1 Å². The number of anilines is 1. The van der Waals surface area contributed by atoms with E-state index in [2.05, 4.69) is 55.1 Å². The molecule has 0 spiro atoms. The van der Waals surface area contributed by atoms with Crippen LogP contribution in [-0.4, -0.2) is 44.3 Å². The molecule has 0 N–H and O–H groups in total. The summed E-state index contributed by atoms with van der Waals surface area (Å²) in [5.74, 6) is 0. The van der Waals surface area contributed by atoms with Crippen molar-refractivity contribution in [3.05, 3.63) is 29.8 Å². The number of nitrogens with zero attached hydrogens (tertiary/aromatic N) is 2. The fourth-order valence-corrected chi connectivity index (χ4v) is 3.71. The van der Waals surface area contributed by atoms with Gasteiger partial charge in [0.25, 0.3) is 0 Å². The highest BCUT2D eigenvalue weighted by molar-refractivity contribution is 5.48. The zero-order valence-electron chi connectivity index (χ0n) is 13.6. The average molecular weight is 288 g/mol. The lowest BCUT2D eigenvalue weighted by atomic mass is 10.0. The van der Waals surface area contributed by atoms with E-state index in [4.69, 9.17) is 4.74 Å². The van der Waals surface area contributed by atoms with Crippen molar-refractivity contribution in [1.82, 2.24) is 4.90 Å². The standard InChI is InChI=1S/C18H28N2O/c1-14-9-10-17(21-14)13-20-11-5-8-18(20)15-6-4-7-16(12-15)19(2)3/h4,6-7,12,14,17-18H,5,8-11,13H2,1-3H3/t14-,17-,18-/m1/s1. The maximum absolute atomic E-state index is 6.02. The van der Waals surface area contributed by atoms with Gasteiger partial charge in [0, 0.05) is 32.4 Å². The smallest absolute Gasteiger partial charge is 0.0706 e. The lowest BCUT2D eigenvalue weighted by molar-refractivity contribution is 0.0286. The van der Waals surface area contributed by atoms with Gasteiger partial charge >= 0.3 is 0 Å². The predicted molar refractivity (Wildman–Crippen MR) is 87.9 cm³/mol. The van der Waals surface area contributed by atoms with Crippen LogP contribution in [0.3, 0.4) is 0 Å². The fraction of sp³-hybridized carbons (Fsp3) is 0.667. The summed E-state index contributed by atoms with van der Waals surface area (Å²) in [5.41, 5.74) is 2.76. The zero-order chi connectivity index (χ0) is 14.8. The van der Waals surface area contributed by atoms with Gasteiger partial charge in [-0.25, -0.2) is 0 Å². The maximum atomic E-state index is 6.02. The number of benzene rings is 1. The number of hydrogen-bond acceptors (Lipinski definition) is 3. The molecular weight excluding hydrogens is 260 g/mol. The molecule has 0 aromatic heterocycles. The molecule has 0 amide bonds. The first-order chi connectivity index (χ1) is 10.1. The summed E-state index contributed by atoms with van der Waals surface area (Å²) in [6.07, 6.45) is 5.92. The summed E-state index contributed by atoms with van der Waals surface area (Å²) in [6, 6.07) is 9.58. The molecule has 0 radical (unpaired) electrons. The normalized spacial score (nSPS) is 30.0. The molecule has 2 saturated heterocycles. The van der Waals surface area contributed by atoms with Crippen LogP contribution in [0, 0.1) is 0 Å². The first kappa shape index (κ1) is 14.9. The molecule has 2 fully saturated rings. The minimum Gasteiger partial charge on any atom is -0.378 e. The van der Waals surface area contributed by atoms with E-state index < -0.39 is 0 Å². The minimum absolute atomic E-state index is 0.442. The van der Waals surface area contributed by atoms with Gasteiger partial charge in [-0.2, -0.15) is 0 Å². The number of rotatable bonds is 4. The summed E-state index contributed by atoms with van der Waals surface area (Å²) >= 11 is 0. The first-order valence-electron chi connectivity index (χ1n) is 8.30. The van der Waals surface area contributed by atoms with Crippen LogP contribution >= 0.6 is 0 Å². The van der Waals surface area contributed by atoms with Crippen molar-refractivity contribution < 1.29 is 4.74 Å². The third-order valence-electron chi connectivity index (χ3n) is 4.89. The second-order valence-corrected chi connectivity index (χ2v) is 6.79. The third kappa shape index (κ3) is 3.41. The lowest BCUT2D eigenvalue weighted by Crippen LogP contribution is -2.32. The Kier molecular flexibility index (Phi) is 4.51. The molecule has 1 aromatic carbocycles. The molecule has 0 bridgehead atoms. The molecule has 3 rings (SSSR count). The monoisotopic (exact) mass is 288 g/mol. The molecule has 1 aromatic rings. The minimum atomic E-state index is 0.442. The Morgan fingerprint density at radius 2 is 2.10 bits per heavy atom. The van der Waals surface area contributed by atoms with E-state index in [9.17, 15) is 0 Å². The van der Waals surface area contributed by atoms with Crippen molar-refractivity contribution in [2.75, 3.05) is 32.1 Å². The second kappa shape index (κ2) is 6.37. The summed E-state index contributed by atoms with van der Waals surface area (Å²) < 4.78 is 6.02. The van der Waals surface area contributed by atoms with Gasteiger partial charge in [0.1, 0.15) is 0 Å². The molecule has 3 heteroatoms. The highest BCUT2D eigenvalue weighted by atomic mass is 16.5. The van der Waals surface area contributed by atoms with Crippen LogP contribution in [0.5, 0.6) is 0 Å². The topological polar surface area (TPSA) is 15.7 Å². The van der Waals surface area contributed by atoms with Gasteiger partial charge in [-0.05, 0) is 56.8 Å². The van der Waals surface area contributed by atoms with Gasteiger partial charge < -0.3 is 9.64 Å². The molecule has 21 heavy (non-hydrogen) atoms. The largest absolute Gasteiger partial charge is 0.378 e. The quantitative estimate of drug-likeness (QED) is 0.844. The molecule has 2 aliphatic heterocycles. The van der Waals surface area contributed by atoms with Crippen molar-refractivity contribution in [1.29, 1.82) is 0 Å². The summed E-state index contributed by atoms with van der Waals surface area (Å²) in [6.45, 7) is 4.51. The Balaban J connectivity index is 1.70. The molecular formula is C18H28N2O. The van der Waals surface area contributed by atoms with Crippen LogP contribution in [0.15, 0.2) is 24.3 Å². The summed E-state index contributed by atoms with van der Waals surface area (Å²) in [4.78, 5) is 4.82. The highest BCUT2D eigenvalue weighted by Crippen LogP contribution is 2.34. The Hall–Kier alpha value is -1.06. The van der Waals surface area contributed by atoms with E-state index in [0.717, 1.165) is 6.54 Å². The van der Waals surface area contributed by atoms with E-state index in [1.807, 2.05) is 0 Å². The average Bonchev–Trinajstić information content (AvgIpc) is 3.09. The van der Waals surface area contributed by atoms with Crippen molar-refractivity contribution in [3.8, 4) is 0 Å². The van der Waals surface area contributed by atoms with E-state index in [1.54, 1.807) is 0 Å². The van der Waals surface area contributed by atoms with Crippen LogP contribution in [0.25, 0.3) is 0 Å². The Bertz CT molecular complexity index is 474. The van der Waals surface area contributed by atoms with E-state index in [0.29, 0.717) is 18.2 Å². The maximum Gasteiger partial charge on any atom is 0.0706 e. The van der Waals surface area contributed by atoms with Gasteiger partial charge in [0.15, 0.2) is 0 Å². The van der Waals surface area contributed by atoms with Crippen LogP contribution in [0.2, 0.25) is 0 Å². The van der Waals surface area contributed by atoms with Crippen LogP contribution in [0.4, 0.5) is 5.69 Å². The van der Waals surface area contributed by atoms with Gasteiger partial charge in [-0.15, -0.1) is 0 Å². The van der Waals surface area contributed by atoms with Crippen LogP contribution < -0.4 is 4.90 Å². The van der Waals surface area contributed by atoms with Crippen molar-refractivity contribution in [3.63, 3.8) is 0 Å². The Labute approximate surface area is 128 Å². The SMILES string of the molecule is C[C@@H]1CC[C@H](CN2CCC[C@@H]2c2cccc(N(C)C)c2)O1. The third-order valence-corrected chi connectivity index (χ3v) is 4.89. The fourth-order valence-electron chi connectivity index (χ4n) is 3.71. The Morgan fingerprint density at radius 3 is 2.81 bits per heavy atom. The highest BCUT2D eigenvalue weighted by Gasteiger charge is 2.31. The van der Waals surface area contributed by atoms with Crippen molar-refractivity contribution in [2.45, 2.75) is 50.9 Å². The lowest BCUT2D eigenvalue weighted by Gasteiger charge is -2.28. The van der Waals surface area contributed by atoms with Gasteiger partial charge in [0.05, 0.1) is 12.2 Å². The zero-order valence-corrected chi connectivity index (χ0v) is 13.6. The number of ether oxygens (including phenoxy) is 1. The second-order valence-electron chi connectivity index (χ2n) is 6.79. The summed E-state index contributed by atoms with van der Waals surface area (Å²) in [5, 5.41) is 0. The molecule has 0 saturated carbocycles. The molecule has 0 aliphatic carbocycles. The molecule has 3 nitrogen and oxygen atoms in total. The van der Waals surface area contributed by atoms with Crippen molar-refractivity contribution >= 4 is 5.69 Å². The molecule has 0 unspecified atom stereocenters. The van der Waals surface area contributed by atoms with E-state index in [1.165, 1.54) is 43.5 Å². The van der Waals surface area contributed by atoms with Gasteiger partial charge in [-0.3, -0.25) is 4.90 Å². The molecule has 2 heterocycles. The van der Waals surface area contributed by atoms with E-state index in [-0.39, 0.29) is 0 Å². The van der Waals surface area contributed by atoms with E-state index >= 15 is 0 Å². The molecule has 2 aliphatic rings. The first-order valence-corrected chi connectivity index (χ1v) is 8.30. The Morgan fingerprint density at radius 1 is 1.24 bits per heavy atom. The number of likely N-dealkylation sites (tertiary alicyclic amines) is 1. The van der Waals surface area contributed by atoms with Crippen molar-refractivity contribution in [2.24, 2.45) is 0 Å².